The van der Waals surface area contributed by atoms with Crippen LogP contribution in [0.2, 0.25) is 0 Å². The summed E-state index contributed by atoms with van der Waals surface area (Å²) in [4.78, 5) is 17.1. The monoisotopic (exact) mass is 264 g/mol. The van der Waals surface area contributed by atoms with Crippen molar-refractivity contribution in [2.24, 2.45) is 0 Å². The first-order chi connectivity index (χ1) is 8.56. The lowest BCUT2D eigenvalue weighted by Crippen LogP contribution is -2.11. The fourth-order valence-electron chi connectivity index (χ4n) is 1.41. The van der Waals surface area contributed by atoms with Gasteiger partial charge in [-0.25, -0.2) is 9.37 Å². The van der Waals surface area contributed by atoms with Gasteiger partial charge in [-0.05, 0) is 24.1 Å². The number of benzene rings is 1. The lowest BCUT2D eigenvalue weighted by Gasteiger charge is -2.01. The summed E-state index contributed by atoms with van der Waals surface area (Å²) < 4.78 is 13.0. The Balaban J connectivity index is 2.11. The molecule has 3 nitrogen and oxygen atoms in total. The van der Waals surface area contributed by atoms with Gasteiger partial charge >= 0.3 is 0 Å². The van der Waals surface area contributed by atoms with Crippen LogP contribution in [-0.2, 0) is 0 Å². The maximum Gasteiger partial charge on any atom is 0.257 e. The van der Waals surface area contributed by atoms with Crippen LogP contribution >= 0.6 is 11.3 Å². The normalized spacial score (nSPS) is 10.7. The van der Waals surface area contributed by atoms with Gasteiger partial charge in [-0.2, -0.15) is 0 Å². The Hall–Kier alpha value is -1.75. The topological polar surface area (TPSA) is 42.0 Å². The molecule has 1 N–H and O–H groups in total. The molecule has 0 aliphatic carbocycles. The van der Waals surface area contributed by atoms with Crippen LogP contribution in [0.4, 0.5) is 9.52 Å². The van der Waals surface area contributed by atoms with Gasteiger partial charge in [0, 0.05) is 16.6 Å². The second kappa shape index (κ2) is 5.27. The smallest absolute Gasteiger partial charge is 0.257 e. The zero-order valence-electron chi connectivity index (χ0n) is 10.1. The molecule has 0 spiro atoms. The standard InChI is InChI=1S/C13H13FN2OS/c1-8(2)11-7-15-13(18-11)16-12(17)9-4-3-5-10(14)6-9/h3-8H,1-2H3,(H,15,16,17). The Labute approximate surface area is 109 Å². The van der Waals surface area contributed by atoms with E-state index < -0.39 is 5.82 Å². The minimum atomic E-state index is -0.426. The van der Waals surface area contributed by atoms with Gasteiger partial charge in [0.2, 0.25) is 0 Å². The van der Waals surface area contributed by atoms with E-state index in [-0.39, 0.29) is 11.5 Å². The summed E-state index contributed by atoms with van der Waals surface area (Å²) in [6.07, 6.45) is 1.75. The van der Waals surface area contributed by atoms with E-state index in [1.54, 1.807) is 12.3 Å². The Morgan fingerprint density at radius 1 is 1.44 bits per heavy atom. The molecule has 2 rings (SSSR count). The number of nitrogens with zero attached hydrogens (tertiary/aromatic N) is 1. The van der Waals surface area contributed by atoms with Crippen molar-refractivity contribution in [2.45, 2.75) is 19.8 Å². The van der Waals surface area contributed by atoms with E-state index in [2.05, 4.69) is 24.1 Å². The van der Waals surface area contributed by atoms with E-state index >= 15 is 0 Å². The van der Waals surface area contributed by atoms with Crippen LogP contribution in [0.3, 0.4) is 0 Å². The van der Waals surface area contributed by atoms with Gasteiger partial charge in [0.25, 0.3) is 5.91 Å². The van der Waals surface area contributed by atoms with E-state index in [4.69, 9.17) is 0 Å². The highest BCUT2D eigenvalue weighted by Crippen LogP contribution is 2.25. The van der Waals surface area contributed by atoms with Crippen molar-refractivity contribution in [3.8, 4) is 0 Å². The molecule has 0 atom stereocenters. The Morgan fingerprint density at radius 3 is 2.83 bits per heavy atom. The number of hydrogen-bond donors (Lipinski definition) is 1. The van der Waals surface area contributed by atoms with Crippen molar-refractivity contribution < 1.29 is 9.18 Å². The maximum absolute atomic E-state index is 13.0. The molecule has 1 heterocycles. The molecule has 1 amide bonds. The van der Waals surface area contributed by atoms with Crippen LogP contribution in [0.15, 0.2) is 30.5 Å². The van der Waals surface area contributed by atoms with Crippen molar-refractivity contribution in [3.05, 3.63) is 46.7 Å². The number of thiazole rings is 1. The minimum Gasteiger partial charge on any atom is -0.298 e. The lowest BCUT2D eigenvalue weighted by atomic mass is 10.2. The molecule has 0 bridgehead atoms. The number of halogens is 1. The van der Waals surface area contributed by atoms with Gasteiger partial charge in [-0.15, -0.1) is 11.3 Å². The minimum absolute atomic E-state index is 0.288. The third-order valence-electron chi connectivity index (χ3n) is 2.40. The molecule has 2 aromatic rings. The van der Waals surface area contributed by atoms with E-state index in [9.17, 15) is 9.18 Å². The second-order valence-electron chi connectivity index (χ2n) is 4.19. The number of carbonyl (C=O) groups is 1. The average molecular weight is 264 g/mol. The number of nitrogens with one attached hydrogen (secondary N) is 1. The van der Waals surface area contributed by atoms with E-state index in [1.165, 1.54) is 29.5 Å². The van der Waals surface area contributed by atoms with Crippen LogP contribution in [-0.4, -0.2) is 10.9 Å². The van der Waals surface area contributed by atoms with Crippen molar-refractivity contribution in [3.63, 3.8) is 0 Å². The van der Waals surface area contributed by atoms with E-state index in [0.717, 1.165) is 4.88 Å². The van der Waals surface area contributed by atoms with Crippen LogP contribution in [0.1, 0.15) is 35.0 Å². The summed E-state index contributed by atoms with van der Waals surface area (Å²) in [5.41, 5.74) is 0.288. The number of aromatic nitrogens is 1. The van der Waals surface area contributed by atoms with Gasteiger partial charge in [-0.3, -0.25) is 10.1 Å². The van der Waals surface area contributed by atoms with Gasteiger partial charge in [0.1, 0.15) is 5.82 Å². The first-order valence-corrected chi connectivity index (χ1v) is 6.40. The SMILES string of the molecule is CC(C)c1cnc(NC(=O)c2cccc(F)c2)s1. The van der Waals surface area contributed by atoms with Crippen LogP contribution in [0.5, 0.6) is 0 Å². The molecule has 0 radical (unpaired) electrons. The van der Waals surface area contributed by atoms with Crippen LogP contribution in [0, 0.1) is 5.82 Å². The Morgan fingerprint density at radius 2 is 2.22 bits per heavy atom. The summed E-state index contributed by atoms with van der Waals surface area (Å²) in [6, 6.07) is 5.57. The molecule has 1 aromatic heterocycles. The van der Waals surface area contributed by atoms with Crippen LogP contribution < -0.4 is 5.32 Å². The maximum atomic E-state index is 13.0. The van der Waals surface area contributed by atoms with Gasteiger partial charge < -0.3 is 0 Å². The molecule has 0 unspecified atom stereocenters. The number of rotatable bonds is 3. The number of anilines is 1. The molecule has 0 aliphatic rings. The van der Waals surface area contributed by atoms with E-state index in [1.807, 2.05) is 0 Å². The molecule has 0 saturated carbocycles. The molecular formula is C13H13FN2OS. The predicted octanol–water partition coefficient (Wildman–Crippen LogP) is 3.66. The van der Waals surface area contributed by atoms with Crippen molar-refractivity contribution in [1.29, 1.82) is 0 Å². The highest BCUT2D eigenvalue weighted by molar-refractivity contribution is 7.15. The van der Waals surface area contributed by atoms with Gasteiger partial charge in [0.05, 0.1) is 0 Å². The third-order valence-corrected chi connectivity index (χ3v) is 3.61. The molecule has 0 fully saturated rings. The first kappa shape index (κ1) is 12.7. The number of hydrogen-bond acceptors (Lipinski definition) is 3. The van der Waals surface area contributed by atoms with Crippen molar-refractivity contribution in [2.75, 3.05) is 5.32 Å². The zero-order valence-corrected chi connectivity index (χ0v) is 10.9. The summed E-state index contributed by atoms with van der Waals surface area (Å²) in [5.74, 6) is -0.397. The molecule has 0 saturated heterocycles. The molecule has 5 heteroatoms. The predicted molar refractivity (Wildman–Crippen MR) is 70.6 cm³/mol. The zero-order chi connectivity index (χ0) is 13.1. The number of carbonyl (C=O) groups excluding carboxylic acids is 1. The van der Waals surface area contributed by atoms with Crippen LogP contribution in [0.25, 0.3) is 0 Å². The Kier molecular flexibility index (Phi) is 3.72. The largest absolute Gasteiger partial charge is 0.298 e. The highest BCUT2D eigenvalue weighted by Gasteiger charge is 2.10. The molecule has 1 aromatic carbocycles. The van der Waals surface area contributed by atoms with Crippen molar-refractivity contribution >= 4 is 22.4 Å². The fraction of sp³-hybridized carbons (Fsp3) is 0.231. The number of amides is 1. The summed E-state index contributed by atoms with van der Waals surface area (Å²) in [5, 5.41) is 3.20. The molecule has 18 heavy (non-hydrogen) atoms. The molecule has 0 aliphatic heterocycles. The van der Waals surface area contributed by atoms with Gasteiger partial charge in [-0.1, -0.05) is 19.9 Å². The van der Waals surface area contributed by atoms with E-state index in [0.29, 0.717) is 11.0 Å². The third kappa shape index (κ3) is 2.92. The quantitative estimate of drug-likeness (QED) is 0.919. The summed E-state index contributed by atoms with van der Waals surface area (Å²) in [6.45, 7) is 4.12. The Bertz CT molecular complexity index is 566. The van der Waals surface area contributed by atoms with Gasteiger partial charge in [0.15, 0.2) is 5.13 Å². The highest BCUT2D eigenvalue weighted by atomic mass is 32.1. The second-order valence-corrected chi connectivity index (χ2v) is 5.25. The first-order valence-electron chi connectivity index (χ1n) is 5.59. The lowest BCUT2D eigenvalue weighted by molar-refractivity contribution is 0.102. The summed E-state index contributed by atoms with van der Waals surface area (Å²) >= 11 is 1.43. The average Bonchev–Trinajstić information content (AvgIpc) is 2.77. The fourth-order valence-corrected chi connectivity index (χ4v) is 2.22. The van der Waals surface area contributed by atoms with Crippen molar-refractivity contribution in [1.82, 2.24) is 4.98 Å². The summed E-state index contributed by atoms with van der Waals surface area (Å²) in [7, 11) is 0. The molecular weight excluding hydrogens is 251 g/mol. The molecule has 94 valence electrons.